The standard InChI is InChI=1S/C21H31N3O5S/c1-14(2)11-17(23-19(26)16(22-13-25)9-10-30-3)20(27)24-18(21(28)29)12-15-7-5-4-6-8-15/h4-8,13-14,16-18H,9-12H2,1-3H3,(H,22,25)(H,23,26)(H,24,27)(H,28,29)/t16?,17-,18-/m0/s1. The van der Waals surface area contributed by atoms with Crippen LogP contribution in [0.1, 0.15) is 32.3 Å². The molecule has 3 amide bonds. The summed E-state index contributed by atoms with van der Waals surface area (Å²) in [5.41, 5.74) is 0.780. The zero-order valence-electron chi connectivity index (χ0n) is 17.6. The molecule has 0 fully saturated rings. The molecule has 8 nitrogen and oxygen atoms in total. The minimum atomic E-state index is -1.15. The molecule has 1 unspecified atom stereocenters. The molecule has 1 aromatic rings. The van der Waals surface area contributed by atoms with Gasteiger partial charge in [0.15, 0.2) is 0 Å². The summed E-state index contributed by atoms with van der Waals surface area (Å²) in [6, 6.07) is 6.23. The Hall–Kier alpha value is -2.55. The van der Waals surface area contributed by atoms with Crippen LogP contribution in [0.15, 0.2) is 30.3 Å². The van der Waals surface area contributed by atoms with Crippen molar-refractivity contribution in [3.63, 3.8) is 0 Å². The number of carboxylic acids is 1. The quantitative estimate of drug-likeness (QED) is 0.324. The van der Waals surface area contributed by atoms with Crippen molar-refractivity contribution in [3.8, 4) is 0 Å². The Balaban J connectivity index is 2.88. The van der Waals surface area contributed by atoms with Gasteiger partial charge in [0, 0.05) is 6.42 Å². The van der Waals surface area contributed by atoms with Crippen LogP contribution >= 0.6 is 11.8 Å². The maximum Gasteiger partial charge on any atom is 0.326 e. The Morgan fingerprint density at radius 1 is 1.03 bits per heavy atom. The number of benzene rings is 1. The molecule has 0 spiro atoms. The molecule has 166 valence electrons. The number of hydrogen-bond donors (Lipinski definition) is 4. The van der Waals surface area contributed by atoms with E-state index in [1.807, 2.05) is 26.2 Å². The van der Waals surface area contributed by atoms with Gasteiger partial charge in [0.1, 0.15) is 18.1 Å². The van der Waals surface area contributed by atoms with Crippen LogP contribution in [0.25, 0.3) is 0 Å². The van der Waals surface area contributed by atoms with Crippen LogP contribution in [-0.2, 0) is 25.6 Å². The highest BCUT2D eigenvalue weighted by atomic mass is 32.2. The van der Waals surface area contributed by atoms with Crippen LogP contribution in [0.4, 0.5) is 0 Å². The summed E-state index contributed by atoms with van der Waals surface area (Å²) in [6.45, 7) is 3.81. The van der Waals surface area contributed by atoms with Gasteiger partial charge in [0.25, 0.3) is 0 Å². The number of carboxylic acid groups (broad SMARTS) is 1. The fourth-order valence-corrected chi connectivity index (χ4v) is 3.38. The zero-order valence-corrected chi connectivity index (χ0v) is 18.4. The van der Waals surface area contributed by atoms with E-state index in [9.17, 15) is 24.3 Å². The second kappa shape index (κ2) is 13.6. The second-order valence-corrected chi connectivity index (χ2v) is 8.38. The highest BCUT2D eigenvalue weighted by Gasteiger charge is 2.29. The number of carbonyl (C=O) groups excluding carboxylic acids is 3. The Labute approximate surface area is 181 Å². The number of carbonyl (C=O) groups is 4. The molecule has 4 N–H and O–H groups in total. The Morgan fingerprint density at radius 3 is 2.17 bits per heavy atom. The molecule has 3 atom stereocenters. The van der Waals surface area contributed by atoms with Crippen molar-refractivity contribution in [2.24, 2.45) is 5.92 Å². The third-order valence-electron chi connectivity index (χ3n) is 4.43. The minimum absolute atomic E-state index is 0.0853. The molecule has 1 rings (SSSR count). The molecule has 9 heteroatoms. The van der Waals surface area contributed by atoms with Gasteiger partial charge in [0.2, 0.25) is 18.2 Å². The lowest BCUT2D eigenvalue weighted by Crippen LogP contribution is -2.55. The lowest BCUT2D eigenvalue weighted by molar-refractivity contribution is -0.142. The summed E-state index contributed by atoms with van der Waals surface area (Å²) in [6.07, 6.45) is 3.25. The average Bonchev–Trinajstić information content (AvgIpc) is 2.70. The third-order valence-corrected chi connectivity index (χ3v) is 5.08. The summed E-state index contributed by atoms with van der Waals surface area (Å²) < 4.78 is 0. The number of thioether (sulfide) groups is 1. The first-order valence-electron chi connectivity index (χ1n) is 9.84. The summed E-state index contributed by atoms with van der Waals surface area (Å²) in [7, 11) is 0. The first-order chi connectivity index (χ1) is 14.3. The van der Waals surface area contributed by atoms with E-state index in [1.165, 1.54) is 0 Å². The van der Waals surface area contributed by atoms with E-state index in [0.29, 0.717) is 25.0 Å². The van der Waals surface area contributed by atoms with E-state index in [-0.39, 0.29) is 12.3 Å². The number of amides is 3. The van der Waals surface area contributed by atoms with Crippen LogP contribution in [0, 0.1) is 5.92 Å². The van der Waals surface area contributed by atoms with E-state index < -0.39 is 35.9 Å². The molecular weight excluding hydrogens is 406 g/mol. The van der Waals surface area contributed by atoms with Gasteiger partial charge in [-0.2, -0.15) is 11.8 Å². The van der Waals surface area contributed by atoms with E-state index in [0.717, 1.165) is 5.56 Å². The molecule has 0 aliphatic carbocycles. The van der Waals surface area contributed by atoms with Crippen molar-refractivity contribution in [3.05, 3.63) is 35.9 Å². The van der Waals surface area contributed by atoms with Crippen molar-refractivity contribution in [2.75, 3.05) is 12.0 Å². The molecule has 0 aromatic heterocycles. The van der Waals surface area contributed by atoms with Crippen molar-refractivity contribution in [2.45, 2.75) is 51.2 Å². The summed E-state index contributed by atoms with van der Waals surface area (Å²) in [5.74, 6) is -1.43. The highest BCUT2D eigenvalue weighted by molar-refractivity contribution is 7.98. The van der Waals surface area contributed by atoms with Gasteiger partial charge in [-0.15, -0.1) is 0 Å². The highest BCUT2D eigenvalue weighted by Crippen LogP contribution is 2.09. The Morgan fingerprint density at radius 2 is 1.63 bits per heavy atom. The van der Waals surface area contributed by atoms with Gasteiger partial charge in [-0.05, 0) is 36.3 Å². The van der Waals surface area contributed by atoms with Crippen molar-refractivity contribution in [1.29, 1.82) is 0 Å². The number of rotatable bonds is 14. The Bertz CT molecular complexity index is 699. The van der Waals surface area contributed by atoms with Crippen LogP contribution in [-0.4, -0.2) is 59.4 Å². The van der Waals surface area contributed by atoms with Crippen LogP contribution in [0.3, 0.4) is 0 Å². The molecular formula is C21H31N3O5S. The first kappa shape index (κ1) is 25.5. The van der Waals surface area contributed by atoms with Crippen molar-refractivity contribution >= 4 is 36.0 Å². The van der Waals surface area contributed by atoms with E-state index >= 15 is 0 Å². The lowest BCUT2D eigenvalue weighted by atomic mass is 10.0. The number of nitrogens with one attached hydrogen (secondary N) is 3. The fraction of sp³-hybridized carbons (Fsp3) is 0.524. The van der Waals surface area contributed by atoms with Gasteiger partial charge in [-0.25, -0.2) is 4.79 Å². The smallest absolute Gasteiger partial charge is 0.326 e. The molecule has 1 aromatic carbocycles. The van der Waals surface area contributed by atoms with Crippen LogP contribution in [0.2, 0.25) is 0 Å². The van der Waals surface area contributed by atoms with Crippen LogP contribution < -0.4 is 16.0 Å². The first-order valence-corrected chi connectivity index (χ1v) is 11.2. The van der Waals surface area contributed by atoms with Gasteiger partial charge in [-0.3, -0.25) is 14.4 Å². The largest absolute Gasteiger partial charge is 0.480 e. The number of hydrogen-bond acceptors (Lipinski definition) is 5. The normalized spacial score (nSPS) is 13.7. The topological polar surface area (TPSA) is 125 Å². The molecule has 0 aliphatic heterocycles. The molecule has 0 heterocycles. The number of aliphatic carboxylic acids is 1. The lowest BCUT2D eigenvalue weighted by Gasteiger charge is -2.25. The van der Waals surface area contributed by atoms with Crippen molar-refractivity contribution in [1.82, 2.24) is 16.0 Å². The third kappa shape index (κ3) is 9.30. The SMILES string of the molecule is CSCCC(NC=O)C(=O)N[C@@H](CC(C)C)C(=O)N[C@@H](Cc1ccccc1)C(=O)O. The molecule has 0 aliphatic rings. The summed E-state index contributed by atoms with van der Waals surface area (Å²) in [5, 5.41) is 17.2. The van der Waals surface area contributed by atoms with Gasteiger partial charge in [0.05, 0.1) is 0 Å². The molecule has 0 radical (unpaired) electrons. The summed E-state index contributed by atoms with van der Waals surface area (Å²) in [4.78, 5) is 47.9. The molecule has 30 heavy (non-hydrogen) atoms. The second-order valence-electron chi connectivity index (χ2n) is 7.40. The zero-order chi connectivity index (χ0) is 22.5. The van der Waals surface area contributed by atoms with E-state index in [1.54, 1.807) is 36.0 Å². The predicted octanol–water partition coefficient (Wildman–Crippen LogP) is 1.20. The maximum atomic E-state index is 12.8. The van der Waals surface area contributed by atoms with Gasteiger partial charge >= 0.3 is 5.97 Å². The van der Waals surface area contributed by atoms with Gasteiger partial charge < -0.3 is 21.1 Å². The maximum absolute atomic E-state index is 12.8. The summed E-state index contributed by atoms with van der Waals surface area (Å²) >= 11 is 1.54. The van der Waals surface area contributed by atoms with E-state index in [4.69, 9.17) is 0 Å². The average molecular weight is 438 g/mol. The fourth-order valence-electron chi connectivity index (χ4n) is 2.91. The monoisotopic (exact) mass is 437 g/mol. The minimum Gasteiger partial charge on any atom is -0.480 e. The Kier molecular flexibility index (Phi) is 11.6. The van der Waals surface area contributed by atoms with Crippen LogP contribution in [0.5, 0.6) is 0 Å². The molecule has 0 bridgehead atoms. The van der Waals surface area contributed by atoms with Crippen molar-refractivity contribution < 1.29 is 24.3 Å². The predicted molar refractivity (Wildman–Crippen MR) is 117 cm³/mol. The molecule has 0 saturated carbocycles. The van der Waals surface area contributed by atoms with E-state index in [2.05, 4.69) is 16.0 Å². The van der Waals surface area contributed by atoms with Gasteiger partial charge in [-0.1, -0.05) is 44.2 Å². The molecule has 0 saturated heterocycles.